The summed E-state index contributed by atoms with van der Waals surface area (Å²) in [5, 5.41) is 0. The Kier molecular flexibility index (Phi) is 1.70. The van der Waals surface area contributed by atoms with Gasteiger partial charge in [-0.25, -0.2) is 4.79 Å². The molecule has 2 fully saturated rings. The first kappa shape index (κ1) is 8.96. The molecule has 1 aliphatic heterocycles. The van der Waals surface area contributed by atoms with E-state index >= 15 is 0 Å². The number of esters is 1. The van der Waals surface area contributed by atoms with Crippen molar-refractivity contribution in [2.24, 2.45) is 17.3 Å². The number of hydrogen-bond acceptors (Lipinski definition) is 2. The Balaban J connectivity index is 2.05. The molecule has 2 aliphatic carbocycles. The molecule has 1 saturated heterocycles. The molecule has 0 radical (unpaired) electrons. The zero-order valence-electron chi connectivity index (χ0n) is 8.61. The van der Waals surface area contributed by atoms with Crippen LogP contribution in [0.4, 0.5) is 0 Å². The fourth-order valence-corrected chi connectivity index (χ4v) is 3.25. The summed E-state index contributed by atoms with van der Waals surface area (Å²) in [6.07, 6.45) is 10.3. The SMILES string of the molecule is C=C[C@@H]1C[C@@H]2C=CC=C3C(=O)OC[C@]32C1. The first-order valence-electron chi connectivity index (χ1n) is 5.45. The third-order valence-corrected chi connectivity index (χ3v) is 4.05. The Labute approximate surface area is 89.3 Å². The molecule has 15 heavy (non-hydrogen) atoms. The van der Waals surface area contributed by atoms with Gasteiger partial charge in [-0.05, 0) is 24.7 Å². The Morgan fingerprint density at radius 3 is 3.27 bits per heavy atom. The molecule has 3 rings (SSSR count). The van der Waals surface area contributed by atoms with Gasteiger partial charge in [-0.15, -0.1) is 6.58 Å². The molecular formula is C13H14O2. The minimum Gasteiger partial charge on any atom is -0.461 e. The Hall–Kier alpha value is -1.31. The highest BCUT2D eigenvalue weighted by Crippen LogP contribution is 2.56. The van der Waals surface area contributed by atoms with E-state index in [1.54, 1.807) is 0 Å². The molecule has 3 aliphatic rings. The van der Waals surface area contributed by atoms with Crippen molar-refractivity contribution >= 4 is 5.97 Å². The molecule has 0 aromatic carbocycles. The van der Waals surface area contributed by atoms with Gasteiger partial charge in [-0.1, -0.05) is 24.3 Å². The van der Waals surface area contributed by atoms with Crippen LogP contribution in [0.1, 0.15) is 12.8 Å². The molecule has 1 spiro atoms. The maximum atomic E-state index is 11.6. The maximum Gasteiger partial charge on any atom is 0.334 e. The van der Waals surface area contributed by atoms with Crippen molar-refractivity contribution in [1.29, 1.82) is 0 Å². The minimum absolute atomic E-state index is 0.0231. The lowest BCUT2D eigenvalue weighted by Gasteiger charge is -2.29. The second-order valence-electron chi connectivity index (χ2n) is 4.74. The summed E-state index contributed by atoms with van der Waals surface area (Å²) < 4.78 is 5.22. The van der Waals surface area contributed by atoms with Crippen LogP contribution in [0.5, 0.6) is 0 Å². The second kappa shape index (κ2) is 2.84. The lowest BCUT2D eigenvalue weighted by atomic mass is 9.71. The highest BCUT2D eigenvalue weighted by Gasteiger charge is 2.55. The molecule has 0 bridgehead atoms. The van der Waals surface area contributed by atoms with E-state index in [4.69, 9.17) is 4.74 Å². The lowest BCUT2D eigenvalue weighted by molar-refractivity contribution is -0.135. The van der Waals surface area contributed by atoms with Crippen molar-refractivity contribution in [3.8, 4) is 0 Å². The molecule has 2 heteroatoms. The standard InChI is InChI=1S/C13H14O2/c1-2-9-6-10-4-3-5-11-12(14)15-8-13(10,11)7-9/h2-5,9-10H,1,6-8H2/t9-,10+,13+/m1/s1. The normalized spacial score (nSPS) is 41.9. The van der Waals surface area contributed by atoms with Crippen LogP contribution in [0.25, 0.3) is 0 Å². The molecule has 0 N–H and O–H groups in total. The van der Waals surface area contributed by atoms with Crippen molar-refractivity contribution < 1.29 is 9.53 Å². The number of allylic oxidation sites excluding steroid dienone is 4. The smallest absolute Gasteiger partial charge is 0.334 e. The average molecular weight is 202 g/mol. The summed E-state index contributed by atoms with van der Waals surface area (Å²) in [4.78, 5) is 11.6. The van der Waals surface area contributed by atoms with Crippen LogP contribution in [0.2, 0.25) is 0 Å². The zero-order valence-corrected chi connectivity index (χ0v) is 8.61. The maximum absolute atomic E-state index is 11.6. The van der Waals surface area contributed by atoms with Gasteiger partial charge in [0, 0.05) is 11.0 Å². The predicted molar refractivity (Wildman–Crippen MR) is 57.0 cm³/mol. The molecule has 0 unspecified atom stereocenters. The summed E-state index contributed by atoms with van der Waals surface area (Å²) in [5.74, 6) is 0.872. The van der Waals surface area contributed by atoms with Crippen LogP contribution in [-0.2, 0) is 9.53 Å². The van der Waals surface area contributed by atoms with Gasteiger partial charge < -0.3 is 4.74 Å². The quantitative estimate of drug-likeness (QED) is 0.481. The minimum atomic E-state index is -0.117. The fourth-order valence-electron chi connectivity index (χ4n) is 3.25. The molecule has 2 nitrogen and oxygen atoms in total. The summed E-state index contributed by atoms with van der Waals surface area (Å²) in [6, 6.07) is 0. The third kappa shape index (κ3) is 1.02. The summed E-state index contributed by atoms with van der Waals surface area (Å²) in [6.45, 7) is 4.43. The van der Waals surface area contributed by atoms with E-state index in [1.165, 1.54) is 0 Å². The van der Waals surface area contributed by atoms with Crippen LogP contribution < -0.4 is 0 Å². The van der Waals surface area contributed by atoms with Gasteiger partial charge in [0.25, 0.3) is 0 Å². The van der Waals surface area contributed by atoms with Gasteiger partial charge in [0.05, 0.1) is 0 Å². The fraction of sp³-hybridized carbons (Fsp3) is 0.462. The molecule has 3 atom stereocenters. The van der Waals surface area contributed by atoms with E-state index < -0.39 is 0 Å². The zero-order chi connectivity index (χ0) is 10.5. The van der Waals surface area contributed by atoms with Crippen molar-refractivity contribution in [2.45, 2.75) is 12.8 Å². The van der Waals surface area contributed by atoms with Crippen molar-refractivity contribution in [3.05, 3.63) is 36.5 Å². The van der Waals surface area contributed by atoms with E-state index in [2.05, 4.69) is 12.7 Å². The summed E-state index contributed by atoms with van der Waals surface area (Å²) in [5.41, 5.74) is 0.865. The highest BCUT2D eigenvalue weighted by atomic mass is 16.5. The van der Waals surface area contributed by atoms with Gasteiger partial charge >= 0.3 is 5.97 Å². The number of carbonyl (C=O) groups is 1. The molecule has 1 heterocycles. The van der Waals surface area contributed by atoms with Crippen molar-refractivity contribution in [1.82, 2.24) is 0 Å². The first-order chi connectivity index (χ1) is 7.26. The highest BCUT2D eigenvalue weighted by molar-refractivity contribution is 5.93. The third-order valence-electron chi connectivity index (χ3n) is 4.05. The summed E-state index contributed by atoms with van der Waals surface area (Å²) >= 11 is 0. The number of cyclic esters (lactones) is 1. The van der Waals surface area contributed by atoms with Gasteiger partial charge in [0.2, 0.25) is 0 Å². The molecule has 0 aromatic rings. The first-order valence-corrected chi connectivity index (χ1v) is 5.45. The largest absolute Gasteiger partial charge is 0.461 e. The van der Waals surface area contributed by atoms with Gasteiger partial charge in [-0.2, -0.15) is 0 Å². The van der Waals surface area contributed by atoms with E-state index in [-0.39, 0.29) is 11.4 Å². The number of carbonyl (C=O) groups excluding carboxylic acids is 1. The van der Waals surface area contributed by atoms with Crippen LogP contribution in [0.15, 0.2) is 36.5 Å². The van der Waals surface area contributed by atoms with Crippen LogP contribution in [0, 0.1) is 17.3 Å². The van der Waals surface area contributed by atoms with E-state index in [0.717, 1.165) is 18.4 Å². The topological polar surface area (TPSA) is 26.3 Å². The predicted octanol–water partition coefficient (Wildman–Crippen LogP) is 2.24. The molecule has 0 aromatic heterocycles. The summed E-state index contributed by atoms with van der Waals surface area (Å²) in [7, 11) is 0. The Morgan fingerprint density at radius 1 is 1.60 bits per heavy atom. The van der Waals surface area contributed by atoms with Gasteiger partial charge in [0.1, 0.15) is 6.61 Å². The van der Waals surface area contributed by atoms with Crippen molar-refractivity contribution in [2.75, 3.05) is 6.61 Å². The van der Waals surface area contributed by atoms with Gasteiger partial charge in [-0.3, -0.25) is 0 Å². The van der Waals surface area contributed by atoms with E-state index in [9.17, 15) is 4.79 Å². The molecule has 1 saturated carbocycles. The van der Waals surface area contributed by atoms with Crippen molar-refractivity contribution in [3.63, 3.8) is 0 Å². The van der Waals surface area contributed by atoms with Crippen LogP contribution in [0.3, 0.4) is 0 Å². The molecular weight excluding hydrogens is 188 g/mol. The number of hydrogen-bond donors (Lipinski definition) is 0. The lowest BCUT2D eigenvalue weighted by Crippen LogP contribution is -2.28. The van der Waals surface area contributed by atoms with E-state index in [0.29, 0.717) is 18.4 Å². The number of rotatable bonds is 1. The van der Waals surface area contributed by atoms with E-state index in [1.807, 2.05) is 18.2 Å². The van der Waals surface area contributed by atoms with Crippen LogP contribution >= 0.6 is 0 Å². The number of ether oxygens (including phenoxy) is 1. The molecule has 0 amide bonds. The Morgan fingerprint density at radius 2 is 2.47 bits per heavy atom. The average Bonchev–Trinajstić information content (AvgIpc) is 2.77. The second-order valence-corrected chi connectivity index (χ2v) is 4.74. The Bertz CT molecular complexity index is 391. The van der Waals surface area contributed by atoms with Crippen LogP contribution in [-0.4, -0.2) is 12.6 Å². The molecule has 78 valence electrons. The van der Waals surface area contributed by atoms with Gasteiger partial charge in [0.15, 0.2) is 0 Å². The monoisotopic (exact) mass is 202 g/mol.